The van der Waals surface area contributed by atoms with E-state index in [1.54, 1.807) is 0 Å². The highest BCUT2D eigenvalue weighted by molar-refractivity contribution is 14.1. The van der Waals surface area contributed by atoms with Crippen molar-refractivity contribution in [1.82, 2.24) is 0 Å². The van der Waals surface area contributed by atoms with Crippen LogP contribution >= 0.6 is 80.0 Å². The number of thiocarbonyl (C=S) groups is 1. The average Bonchev–Trinajstić information content (AvgIpc) is 2.44. The van der Waals surface area contributed by atoms with Gasteiger partial charge in [-0.05, 0) is 98.0 Å². The van der Waals surface area contributed by atoms with E-state index in [2.05, 4.69) is 117 Å². The fourth-order valence-electron chi connectivity index (χ4n) is 1.65. The standard InChI is InChI=1S/C16H11I3S/c1-10-2-4-11(5-3-10)14(20)9-7-12-6-8-13(17)16(19)15(12)18/h2-9H,1H3. The lowest BCUT2D eigenvalue weighted by Gasteiger charge is -2.04. The van der Waals surface area contributed by atoms with Gasteiger partial charge < -0.3 is 0 Å². The van der Waals surface area contributed by atoms with Crippen LogP contribution in [0, 0.1) is 17.6 Å². The van der Waals surface area contributed by atoms with Gasteiger partial charge in [-0.1, -0.05) is 54.2 Å². The van der Waals surface area contributed by atoms with Crippen LogP contribution in [0.5, 0.6) is 0 Å². The highest BCUT2D eigenvalue weighted by Gasteiger charge is 2.05. The number of rotatable bonds is 3. The number of hydrogen-bond donors (Lipinski definition) is 0. The van der Waals surface area contributed by atoms with Crippen LogP contribution in [0.25, 0.3) is 6.08 Å². The Balaban J connectivity index is 2.23. The molecule has 0 aliphatic heterocycles. The Morgan fingerprint density at radius 1 is 0.950 bits per heavy atom. The number of benzene rings is 2. The van der Waals surface area contributed by atoms with E-state index < -0.39 is 0 Å². The molecule has 2 aromatic carbocycles. The molecular weight excluding hydrogens is 605 g/mol. The van der Waals surface area contributed by atoms with Gasteiger partial charge in [0.15, 0.2) is 0 Å². The van der Waals surface area contributed by atoms with E-state index in [9.17, 15) is 0 Å². The summed E-state index contributed by atoms with van der Waals surface area (Å²) < 4.78 is 3.86. The van der Waals surface area contributed by atoms with E-state index in [1.807, 2.05) is 6.08 Å². The molecular formula is C16H11I3S. The Hall–Kier alpha value is 0.460. The molecule has 0 unspecified atom stereocenters. The molecule has 0 heterocycles. The molecule has 102 valence electrons. The van der Waals surface area contributed by atoms with Gasteiger partial charge in [0.1, 0.15) is 0 Å². The van der Waals surface area contributed by atoms with Gasteiger partial charge in [-0.25, -0.2) is 0 Å². The summed E-state index contributed by atoms with van der Waals surface area (Å²) in [6.45, 7) is 2.08. The van der Waals surface area contributed by atoms with Crippen LogP contribution < -0.4 is 0 Å². The van der Waals surface area contributed by atoms with Gasteiger partial charge in [-0.2, -0.15) is 0 Å². The lowest BCUT2D eigenvalue weighted by Crippen LogP contribution is -1.93. The van der Waals surface area contributed by atoms with Gasteiger partial charge in [0.2, 0.25) is 0 Å². The van der Waals surface area contributed by atoms with Gasteiger partial charge in [0.05, 0.1) is 0 Å². The van der Waals surface area contributed by atoms with Gasteiger partial charge in [-0.15, -0.1) is 0 Å². The molecule has 0 radical (unpaired) electrons. The van der Waals surface area contributed by atoms with E-state index in [0.717, 1.165) is 10.4 Å². The first-order chi connectivity index (χ1) is 9.49. The maximum Gasteiger partial charge on any atom is 0.0449 e. The van der Waals surface area contributed by atoms with Crippen molar-refractivity contribution in [3.05, 3.63) is 69.9 Å². The largest absolute Gasteiger partial charge is 0.0795 e. The monoisotopic (exact) mass is 616 g/mol. The molecule has 0 N–H and O–H groups in total. The van der Waals surface area contributed by atoms with Crippen molar-refractivity contribution in [3.63, 3.8) is 0 Å². The molecule has 0 bridgehead atoms. The van der Waals surface area contributed by atoms with Crippen LogP contribution in [0.3, 0.4) is 0 Å². The summed E-state index contributed by atoms with van der Waals surface area (Å²) >= 11 is 12.6. The summed E-state index contributed by atoms with van der Waals surface area (Å²) in [6, 6.07) is 12.6. The predicted molar refractivity (Wildman–Crippen MR) is 117 cm³/mol. The second-order valence-corrected chi connectivity index (χ2v) is 8.09. The third-order valence-corrected chi connectivity index (χ3v) is 8.43. The summed E-state index contributed by atoms with van der Waals surface area (Å²) in [5.74, 6) is 0. The van der Waals surface area contributed by atoms with Crippen molar-refractivity contribution in [2.75, 3.05) is 0 Å². The van der Waals surface area contributed by atoms with E-state index in [-0.39, 0.29) is 0 Å². The normalized spacial score (nSPS) is 11.0. The van der Waals surface area contributed by atoms with Crippen molar-refractivity contribution in [2.24, 2.45) is 0 Å². The SMILES string of the molecule is Cc1ccc(C(=S)C=Cc2ccc(I)c(I)c2I)cc1. The zero-order valence-corrected chi connectivity index (χ0v) is 17.9. The molecule has 0 aliphatic rings. The molecule has 0 aromatic heterocycles. The molecule has 4 heteroatoms. The first-order valence-corrected chi connectivity index (χ1v) is 9.56. The molecule has 0 amide bonds. The fourth-order valence-corrected chi connectivity index (χ4v) is 3.96. The predicted octanol–water partition coefficient (Wildman–Crippen LogP) is 6.24. The number of halogens is 3. The fraction of sp³-hybridized carbons (Fsp3) is 0.0625. The van der Waals surface area contributed by atoms with E-state index in [0.29, 0.717) is 0 Å². The molecule has 0 atom stereocenters. The zero-order chi connectivity index (χ0) is 14.7. The minimum Gasteiger partial charge on any atom is -0.0795 e. The summed E-state index contributed by atoms with van der Waals surface area (Å²) in [5.41, 5.74) is 3.56. The number of allylic oxidation sites excluding steroid dienone is 1. The van der Waals surface area contributed by atoms with E-state index in [4.69, 9.17) is 12.2 Å². The summed E-state index contributed by atoms with van der Waals surface area (Å²) in [5, 5.41) is 0. The van der Waals surface area contributed by atoms with Crippen molar-refractivity contribution in [1.29, 1.82) is 0 Å². The van der Waals surface area contributed by atoms with Crippen LogP contribution in [-0.2, 0) is 0 Å². The van der Waals surface area contributed by atoms with Crippen molar-refractivity contribution in [2.45, 2.75) is 6.92 Å². The summed E-state index contributed by atoms with van der Waals surface area (Å²) in [4.78, 5) is 0.870. The van der Waals surface area contributed by atoms with Crippen molar-refractivity contribution in [3.8, 4) is 0 Å². The maximum absolute atomic E-state index is 5.47. The van der Waals surface area contributed by atoms with E-state index >= 15 is 0 Å². The topological polar surface area (TPSA) is 0 Å². The highest BCUT2D eigenvalue weighted by atomic mass is 127. The molecule has 0 nitrogen and oxygen atoms in total. The lowest BCUT2D eigenvalue weighted by atomic mass is 10.1. The van der Waals surface area contributed by atoms with Gasteiger partial charge >= 0.3 is 0 Å². The Morgan fingerprint density at radius 3 is 2.25 bits per heavy atom. The highest BCUT2D eigenvalue weighted by Crippen LogP contribution is 2.25. The van der Waals surface area contributed by atoms with Gasteiger partial charge in [-0.3, -0.25) is 0 Å². The molecule has 0 aliphatic carbocycles. The molecule has 2 aromatic rings. The van der Waals surface area contributed by atoms with Crippen molar-refractivity contribution >= 4 is 90.9 Å². The third-order valence-electron chi connectivity index (χ3n) is 2.82. The Kier molecular flexibility index (Phi) is 6.43. The summed E-state index contributed by atoms with van der Waals surface area (Å²) in [6.07, 6.45) is 4.11. The molecule has 0 spiro atoms. The van der Waals surface area contributed by atoms with Crippen LogP contribution in [0.4, 0.5) is 0 Å². The Morgan fingerprint density at radius 2 is 1.60 bits per heavy atom. The quantitative estimate of drug-likeness (QED) is 0.130. The lowest BCUT2D eigenvalue weighted by molar-refractivity contribution is 1.47. The van der Waals surface area contributed by atoms with Crippen LogP contribution in [0.2, 0.25) is 0 Å². The summed E-state index contributed by atoms with van der Waals surface area (Å²) in [7, 11) is 0. The van der Waals surface area contributed by atoms with Crippen LogP contribution in [0.1, 0.15) is 16.7 Å². The minimum absolute atomic E-state index is 0.870. The number of hydrogen-bond acceptors (Lipinski definition) is 1. The van der Waals surface area contributed by atoms with Crippen LogP contribution in [-0.4, -0.2) is 4.86 Å². The first kappa shape index (κ1) is 16.8. The smallest absolute Gasteiger partial charge is 0.0449 e. The minimum atomic E-state index is 0.870. The second-order valence-electron chi connectivity index (χ2n) is 4.33. The molecule has 0 saturated carbocycles. The van der Waals surface area contributed by atoms with Crippen LogP contribution in [0.15, 0.2) is 42.5 Å². The average molecular weight is 616 g/mol. The molecule has 0 saturated heterocycles. The van der Waals surface area contributed by atoms with Gasteiger partial charge in [0, 0.05) is 15.6 Å². The maximum atomic E-state index is 5.47. The van der Waals surface area contributed by atoms with Gasteiger partial charge in [0.25, 0.3) is 0 Å². The van der Waals surface area contributed by atoms with E-state index in [1.165, 1.54) is 21.8 Å². The Bertz CT molecular complexity index is 673. The first-order valence-electron chi connectivity index (χ1n) is 5.91. The molecule has 20 heavy (non-hydrogen) atoms. The molecule has 0 fully saturated rings. The molecule has 2 rings (SSSR count). The second kappa shape index (κ2) is 7.64. The number of aryl methyl sites for hydroxylation is 1. The third kappa shape index (κ3) is 4.23. The Labute approximate surface area is 165 Å². The van der Waals surface area contributed by atoms with Crippen molar-refractivity contribution < 1.29 is 0 Å². The zero-order valence-electron chi connectivity index (χ0n) is 10.7.